The lowest BCUT2D eigenvalue weighted by Crippen LogP contribution is -2.34. The van der Waals surface area contributed by atoms with Gasteiger partial charge in [0, 0.05) is 25.1 Å². The predicted molar refractivity (Wildman–Crippen MR) is 119 cm³/mol. The van der Waals surface area contributed by atoms with Crippen LogP contribution in [0.25, 0.3) is 0 Å². The van der Waals surface area contributed by atoms with Gasteiger partial charge in [0.15, 0.2) is 0 Å². The van der Waals surface area contributed by atoms with E-state index in [1.165, 1.54) is 0 Å². The average Bonchev–Trinajstić information content (AvgIpc) is 3.01. The molecule has 3 aromatic rings. The normalized spacial score (nSPS) is 13.6. The summed E-state index contributed by atoms with van der Waals surface area (Å²) in [4.78, 5) is 32.5. The minimum atomic E-state index is -0.334. The van der Waals surface area contributed by atoms with E-state index in [4.69, 9.17) is 9.72 Å². The topological polar surface area (TPSA) is 64.4 Å². The third-order valence-electron chi connectivity index (χ3n) is 5.74. The van der Waals surface area contributed by atoms with Crippen LogP contribution in [0.3, 0.4) is 0 Å². The van der Waals surface area contributed by atoms with Crippen molar-refractivity contribution in [2.75, 3.05) is 19.7 Å². The molecular formula is C25H27N3O3. The Morgan fingerprint density at radius 3 is 2.16 bits per heavy atom. The maximum Gasteiger partial charge on any atom is 0.409 e. The first kappa shape index (κ1) is 20.8. The Balaban J connectivity index is 1.79. The minimum absolute atomic E-state index is 0.0362. The molecule has 0 fully saturated rings. The molecule has 1 aromatic heterocycles. The summed E-state index contributed by atoms with van der Waals surface area (Å²) in [6, 6.07) is 19.8. The molecule has 31 heavy (non-hydrogen) atoms. The fraction of sp³-hybridized carbons (Fsp3) is 0.320. The van der Waals surface area contributed by atoms with Crippen LogP contribution < -0.4 is 5.56 Å². The molecule has 0 bridgehead atoms. The molecule has 2 heterocycles. The molecule has 0 radical (unpaired) electrons. The quantitative estimate of drug-likeness (QED) is 0.649. The number of nitrogens with zero attached hydrogens (tertiary/aromatic N) is 3. The van der Waals surface area contributed by atoms with E-state index in [9.17, 15) is 9.59 Å². The van der Waals surface area contributed by atoms with Crippen LogP contribution in [-0.4, -0.2) is 40.2 Å². The first-order valence-corrected chi connectivity index (χ1v) is 10.7. The number of rotatable bonds is 4. The van der Waals surface area contributed by atoms with E-state index in [1.807, 2.05) is 67.6 Å². The van der Waals surface area contributed by atoms with Crippen LogP contribution in [0.15, 0.2) is 65.5 Å². The van der Waals surface area contributed by atoms with E-state index in [0.717, 1.165) is 16.8 Å². The third-order valence-corrected chi connectivity index (χ3v) is 5.74. The van der Waals surface area contributed by atoms with Gasteiger partial charge in [-0.25, -0.2) is 9.78 Å². The van der Waals surface area contributed by atoms with Gasteiger partial charge in [-0.15, -0.1) is 0 Å². The monoisotopic (exact) mass is 417 g/mol. The van der Waals surface area contributed by atoms with Crippen LogP contribution in [-0.2, 0) is 17.6 Å². The van der Waals surface area contributed by atoms with Gasteiger partial charge in [-0.3, -0.25) is 9.36 Å². The van der Waals surface area contributed by atoms with Gasteiger partial charge < -0.3 is 9.64 Å². The lowest BCUT2D eigenvalue weighted by molar-refractivity contribution is 0.109. The summed E-state index contributed by atoms with van der Waals surface area (Å²) in [6.07, 6.45) is 0.682. The molecule has 6 heteroatoms. The van der Waals surface area contributed by atoms with Crippen LogP contribution >= 0.6 is 0 Å². The first-order valence-electron chi connectivity index (χ1n) is 10.7. The van der Waals surface area contributed by atoms with Gasteiger partial charge in [0.1, 0.15) is 5.82 Å². The molecule has 0 spiro atoms. The Bertz CT molecular complexity index is 1070. The summed E-state index contributed by atoms with van der Waals surface area (Å²) in [7, 11) is 0. The number of aryl methyl sites for hydroxylation is 1. The van der Waals surface area contributed by atoms with Gasteiger partial charge in [-0.1, -0.05) is 60.7 Å². The second-order valence-electron chi connectivity index (χ2n) is 7.67. The number of hydrogen-bond acceptors (Lipinski definition) is 4. The lowest BCUT2D eigenvalue weighted by Gasteiger charge is -2.24. The second kappa shape index (κ2) is 9.16. The highest BCUT2D eigenvalue weighted by molar-refractivity contribution is 5.67. The summed E-state index contributed by atoms with van der Waals surface area (Å²) in [6.45, 7) is 4.97. The molecule has 160 valence electrons. The number of fused-ring (bicyclic) bond motifs is 1. The molecule has 0 unspecified atom stereocenters. The summed E-state index contributed by atoms with van der Waals surface area (Å²) >= 11 is 0. The number of aromatic nitrogens is 2. The zero-order chi connectivity index (χ0) is 21.8. The van der Waals surface area contributed by atoms with Crippen LogP contribution in [0.5, 0.6) is 0 Å². The first-order chi connectivity index (χ1) is 15.1. The molecule has 1 aliphatic heterocycles. The molecule has 1 amide bonds. The molecule has 0 aliphatic carbocycles. The Kier molecular flexibility index (Phi) is 6.16. The van der Waals surface area contributed by atoms with Crippen molar-refractivity contribution in [3.63, 3.8) is 0 Å². The Hall–Kier alpha value is -3.41. The molecule has 4 rings (SSSR count). The fourth-order valence-corrected chi connectivity index (χ4v) is 4.25. The summed E-state index contributed by atoms with van der Waals surface area (Å²) in [5.41, 5.74) is 3.50. The second-order valence-corrected chi connectivity index (χ2v) is 7.67. The summed E-state index contributed by atoms with van der Waals surface area (Å²) in [5, 5.41) is 0. The summed E-state index contributed by atoms with van der Waals surface area (Å²) < 4.78 is 6.95. The molecule has 0 atom stereocenters. The molecule has 0 saturated heterocycles. The van der Waals surface area contributed by atoms with Crippen molar-refractivity contribution in [3.8, 4) is 0 Å². The minimum Gasteiger partial charge on any atom is -0.450 e. The standard InChI is InChI=1S/C25H27N3O3/c1-3-31-25(30)27-16-14-21-22(15-17-27)26-18(2)28(24(21)29)23(19-10-6-4-7-11-19)20-12-8-5-9-13-20/h4-13,23H,3,14-17H2,1-2H3. The molecule has 0 saturated carbocycles. The van der Waals surface area contributed by atoms with E-state index in [0.29, 0.717) is 43.9 Å². The zero-order valence-electron chi connectivity index (χ0n) is 18.0. The highest BCUT2D eigenvalue weighted by atomic mass is 16.6. The Morgan fingerprint density at radius 1 is 1.00 bits per heavy atom. The van der Waals surface area contributed by atoms with E-state index in [1.54, 1.807) is 16.4 Å². The van der Waals surface area contributed by atoms with Crippen molar-refractivity contribution in [1.29, 1.82) is 0 Å². The van der Waals surface area contributed by atoms with Crippen molar-refractivity contribution in [2.45, 2.75) is 32.7 Å². The van der Waals surface area contributed by atoms with Gasteiger partial charge in [0.05, 0.1) is 18.3 Å². The smallest absolute Gasteiger partial charge is 0.409 e. The van der Waals surface area contributed by atoms with Crippen LogP contribution in [0, 0.1) is 6.92 Å². The van der Waals surface area contributed by atoms with E-state index < -0.39 is 0 Å². The van der Waals surface area contributed by atoms with E-state index >= 15 is 0 Å². The fourth-order valence-electron chi connectivity index (χ4n) is 4.25. The number of amides is 1. The number of ether oxygens (including phenoxy) is 1. The van der Waals surface area contributed by atoms with Crippen LogP contribution in [0.1, 0.15) is 41.2 Å². The molecule has 1 aliphatic rings. The van der Waals surface area contributed by atoms with Crippen molar-refractivity contribution in [3.05, 3.63) is 99.2 Å². The van der Waals surface area contributed by atoms with Gasteiger partial charge in [0.25, 0.3) is 5.56 Å². The lowest BCUT2D eigenvalue weighted by atomic mass is 9.97. The van der Waals surface area contributed by atoms with Gasteiger partial charge in [0.2, 0.25) is 0 Å². The highest BCUT2D eigenvalue weighted by Crippen LogP contribution is 2.27. The maximum absolute atomic E-state index is 13.8. The van der Waals surface area contributed by atoms with Crippen LogP contribution in [0.2, 0.25) is 0 Å². The van der Waals surface area contributed by atoms with Gasteiger partial charge in [-0.2, -0.15) is 0 Å². The number of benzene rings is 2. The number of hydrogen-bond donors (Lipinski definition) is 0. The molecular weight excluding hydrogens is 390 g/mol. The maximum atomic E-state index is 13.8. The van der Waals surface area contributed by atoms with E-state index in [-0.39, 0.29) is 17.7 Å². The molecule has 0 N–H and O–H groups in total. The number of carbonyl (C=O) groups excluding carboxylic acids is 1. The van der Waals surface area contributed by atoms with Gasteiger partial charge in [-0.05, 0) is 31.4 Å². The van der Waals surface area contributed by atoms with Crippen molar-refractivity contribution in [2.24, 2.45) is 0 Å². The SMILES string of the molecule is CCOC(=O)N1CCc2nc(C)n(C(c3ccccc3)c3ccccc3)c(=O)c2CC1. The highest BCUT2D eigenvalue weighted by Gasteiger charge is 2.26. The van der Waals surface area contributed by atoms with Crippen molar-refractivity contribution < 1.29 is 9.53 Å². The predicted octanol–water partition coefficient (Wildman–Crippen LogP) is 3.75. The number of carbonyl (C=O) groups is 1. The van der Waals surface area contributed by atoms with Gasteiger partial charge >= 0.3 is 6.09 Å². The zero-order valence-corrected chi connectivity index (χ0v) is 18.0. The van der Waals surface area contributed by atoms with Crippen molar-refractivity contribution >= 4 is 6.09 Å². The Morgan fingerprint density at radius 2 is 1.58 bits per heavy atom. The third kappa shape index (κ3) is 4.24. The molecule has 6 nitrogen and oxygen atoms in total. The molecule has 2 aromatic carbocycles. The largest absolute Gasteiger partial charge is 0.450 e. The van der Waals surface area contributed by atoms with Crippen molar-refractivity contribution in [1.82, 2.24) is 14.5 Å². The average molecular weight is 418 g/mol. The van der Waals surface area contributed by atoms with Crippen LogP contribution in [0.4, 0.5) is 4.79 Å². The Labute approximate surface area is 182 Å². The summed E-state index contributed by atoms with van der Waals surface area (Å²) in [5.74, 6) is 0.672. The van der Waals surface area contributed by atoms with E-state index in [2.05, 4.69) is 0 Å².